The Bertz CT molecular complexity index is 369. The van der Waals surface area contributed by atoms with Crippen molar-refractivity contribution in [1.82, 2.24) is 0 Å². The van der Waals surface area contributed by atoms with Crippen molar-refractivity contribution in [2.45, 2.75) is 31.6 Å². The van der Waals surface area contributed by atoms with Crippen LogP contribution in [0.3, 0.4) is 0 Å². The van der Waals surface area contributed by atoms with E-state index in [1.165, 1.54) is 35.8 Å². The third-order valence-electron chi connectivity index (χ3n) is 3.21. The molecule has 3 rings (SSSR count). The third-order valence-corrected chi connectivity index (χ3v) is 3.90. The lowest BCUT2D eigenvalue weighted by molar-refractivity contribution is 0.814. The molecule has 0 amide bonds. The SMILES string of the molecule is Brc1ccc2c(c1C1CC1)CCCN2. The first kappa shape index (κ1) is 8.78. The van der Waals surface area contributed by atoms with Crippen LogP contribution in [0, 0.1) is 0 Å². The first-order valence-corrected chi connectivity index (χ1v) is 6.20. The molecular weight excluding hydrogens is 238 g/mol. The second-order valence-electron chi connectivity index (χ2n) is 4.29. The summed E-state index contributed by atoms with van der Waals surface area (Å²) in [5.74, 6) is 0.847. The zero-order chi connectivity index (χ0) is 9.54. The van der Waals surface area contributed by atoms with Gasteiger partial charge in [-0.1, -0.05) is 15.9 Å². The van der Waals surface area contributed by atoms with Crippen LogP contribution in [-0.4, -0.2) is 6.54 Å². The van der Waals surface area contributed by atoms with E-state index in [-0.39, 0.29) is 0 Å². The summed E-state index contributed by atoms with van der Waals surface area (Å²) in [5.41, 5.74) is 4.55. The van der Waals surface area contributed by atoms with Crippen LogP contribution in [0.2, 0.25) is 0 Å². The minimum Gasteiger partial charge on any atom is -0.385 e. The fourth-order valence-corrected chi connectivity index (χ4v) is 3.07. The van der Waals surface area contributed by atoms with Crippen LogP contribution in [0.4, 0.5) is 5.69 Å². The average Bonchev–Trinajstić information content (AvgIpc) is 3.01. The van der Waals surface area contributed by atoms with Crippen LogP contribution in [0.5, 0.6) is 0 Å². The van der Waals surface area contributed by atoms with Gasteiger partial charge in [-0.25, -0.2) is 0 Å². The van der Waals surface area contributed by atoms with E-state index in [0.717, 1.165) is 12.5 Å². The molecule has 0 aromatic heterocycles. The van der Waals surface area contributed by atoms with Gasteiger partial charge in [0.05, 0.1) is 0 Å². The molecule has 0 unspecified atom stereocenters. The molecule has 1 saturated carbocycles. The molecule has 1 nitrogen and oxygen atoms in total. The van der Waals surface area contributed by atoms with Crippen molar-refractivity contribution in [2.24, 2.45) is 0 Å². The number of nitrogens with one attached hydrogen (secondary N) is 1. The molecule has 1 heterocycles. The number of hydrogen-bond acceptors (Lipinski definition) is 1. The van der Waals surface area contributed by atoms with E-state index in [1.807, 2.05) is 0 Å². The highest BCUT2D eigenvalue weighted by Gasteiger charge is 2.29. The number of anilines is 1. The summed E-state index contributed by atoms with van der Waals surface area (Å²) in [4.78, 5) is 0. The van der Waals surface area contributed by atoms with Crippen molar-refractivity contribution < 1.29 is 0 Å². The minimum absolute atomic E-state index is 0.847. The Kier molecular flexibility index (Phi) is 2.05. The van der Waals surface area contributed by atoms with Gasteiger partial charge in [0.2, 0.25) is 0 Å². The highest BCUT2D eigenvalue weighted by atomic mass is 79.9. The van der Waals surface area contributed by atoms with Gasteiger partial charge >= 0.3 is 0 Å². The van der Waals surface area contributed by atoms with Crippen molar-refractivity contribution in [2.75, 3.05) is 11.9 Å². The average molecular weight is 252 g/mol. The molecule has 1 aliphatic carbocycles. The second-order valence-corrected chi connectivity index (χ2v) is 5.15. The largest absolute Gasteiger partial charge is 0.385 e. The number of benzene rings is 1. The van der Waals surface area contributed by atoms with E-state index in [0.29, 0.717) is 0 Å². The first-order chi connectivity index (χ1) is 6.86. The lowest BCUT2D eigenvalue weighted by Gasteiger charge is -2.22. The minimum atomic E-state index is 0.847. The molecule has 1 aromatic rings. The molecule has 14 heavy (non-hydrogen) atoms. The monoisotopic (exact) mass is 251 g/mol. The van der Waals surface area contributed by atoms with Gasteiger partial charge in [0.15, 0.2) is 0 Å². The maximum Gasteiger partial charge on any atom is 0.0376 e. The maximum absolute atomic E-state index is 3.69. The second kappa shape index (κ2) is 3.27. The first-order valence-electron chi connectivity index (χ1n) is 5.41. The van der Waals surface area contributed by atoms with E-state index >= 15 is 0 Å². The Labute approximate surface area is 93.0 Å². The molecule has 1 aliphatic heterocycles. The standard InChI is InChI=1S/C12H14BrN/c13-10-5-6-11-9(2-1-7-14-11)12(10)8-3-4-8/h5-6,8,14H,1-4,7H2. The van der Waals surface area contributed by atoms with E-state index in [2.05, 4.69) is 33.4 Å². The molecule has 2 heteroatoms. The van der Waals surface area contributed by atoms with Gasteiger partial charge in [-0.2, -0.15) is 0 Å². The van der Waals surface area contributed by atoms with Crippen molar-refractivity contribution >= 4 is 21.6 Å². The molecule has 2 aliphatic rings. The van der Waals surface area contributed by atoms with Crippen LogP contribution >= 0.6 is 15.9 Å². The normalized spacial score (nSPS) is 20.1. The zero-order valence-corrected chi connectivity index (χ0v) is 9.73. The molecular formula is C12H14BrN. The molecule has 0 spiro atoms. The fourth-order valence-electron chi connectivity index (χ4n) is 2.37. The van der Waals surface area contributed by atoms with E-state index in [9.17, 15) is 0 Å². The topological polar surface area (TPSA) is 12.0 Å². The van der Waals surface area contributed by atoms with Gasteiger partial charge in [0.1, 0.15) is 0 Å². The van der Waals surface area contributed by atoms with Gasteiger partial charge < -0.3 is 5.32 Å². The van der Waals surface area contributed by atoms with Crippen LogP contribution in [0.15, 0.2) is 16.6 Å². The van der Waals surface area contributed by atoms with Crippen LogP contribution < -0.4 is 5.32 Å². The van der Waals surface area contributed by atoms with E-state index in [1.54, 1.807) is 11.1 Å². The summed E-state index contributed by atoms with van der Waals surface area (Å²) in [7, 11) is 0. The predicted octanol–water partition coefficient (Wildman–Crippen LogP) is 3.68. The quantitative estimate of drug-likeness (QED) is 0.803. The Hall–Kier alpha value is -0.500. The van der Waals surface area contributed by atoms with Crippen molar-refractivity contribution in [3.05, 3.63) is 27.7 Å². The summed E-state index contributed by atoms with van der Waals surface area (Å²) in [6.45, 7) is 1.14. The highest BCUT2D eigenvalue weighted by molar-refractivity contribution is 9.10. The predicted molar refractivity (Wildman–Crippen MR) is 62.9 cm³/mol. The number of rotatable bonds is 1. The number of fused-ring (bicyclic) bond motifs is 1. The number of hydrogen-bond donors (Lipinski definition) is 1. The summed E-state index contributed by atoms with van der Waals surface area (Å²) >= 11 is 3.69. The molecule has 74 valence electrons. The van der Waals surface area contributed by atoms with Crippen molar-refractivity contribution in [3.8, 4) is 0 Å². The lowest BCUT2D eigenvalue weighted by atomic mass is 9.95. The smallest absolute Gasteiger partial charge is 0.0376 e. The van der Waals surface area contributed by atoms with E-state index in [4.69, 9.17) is 0 Å². The fraction of sp³-hybridized carbons (Fsp3) is 0.500. The molecule has 0 bridgehead atoms. The molecule has 0 radical (unpaired) electrons. The summed E-state index contributed by atoms with van der Waals surface area (Å²) in [6, 6.07) is 4.41. The molecule has 1 fully saturated rings. The molecule has 0 atom stereocenters. The summed E-state index contributed by atoms with van der Waals surface area (Å²) in [6.07, 6.45) is 5.31. The van der Waals surface area contributed by atoms with Gasteiger partial charge in [-0.3, -0.25) is 0 Å². The zero-order valence-electron chi connectivity index (χ0n) is 8.15. The van der Waals surface area contributed by atoms with Crippen molar-refractivity contribution in [3.63, 3.8) is 0 Å². The Morgan fingerprint density at radius 1 is 1.29 bits per heavy atom. The van der Waals surface area contributed by atoms with Crippen LogP contribution in [0.25, 0.3) is 0 Å². The van der Waals surface area contributed by atoms with Crippen molar-refractivity contribution in [1.29, 1.82) is 0 Å². The molecule has 0 saturated heterocycles. The van der Waals surface area contributed by atoms with E-state index < -0.39 is 0 Å². The third kappa shape index (κ3) is 1.36. The van der Waals surface area contributed by atoms with Gasteiger partial charge in [0.25, 0.3) is 0 Å². The maximum atomic E-state index is 3.69. The van der Waals surface area contributed by atoms with Gasteiger partial charge in [0, 0.05) is 16.7 Å². The van der Waals surface area contributed by atoms with Gasteiger partial charge in [-0.05, 0) is 54.9 Å². The Morgan fingerprint density at radius 3 is 2.93 bits per heavy atom. The summed E-state index contributed by atoms with van der Waals surface area (Å²) < 4.78 is 1.32. The highest BCUT2D eigenvalue weighted by Crippen LogP contribution is 2.47. The Morgan fingerprint density at radius 2 is 2.14 bits per heavy atom. The number of halogens is 1. The molecule has 1 N–H and O–H groups in total. The van der Waals surface area contributed by atoms with Crippen LogP contribution in [-0.2, 0) is 6.42 Å². The summed E-state index contributed by atoms with van der Waals surface area (Å²) in [5, 5.41) is 3.49. The molecule has 1 aromatic carbocycles. The lowest BCUT2D eigenvalue weighted by Crippen LogP contribution is -2.13. The van der Waals surface area contributed by atoms with Gasteiger partial charge in [-0.15, -0.1) is 0 Å². The van der Waals surface area contributed by atoms with Crippen LogP contribution in [0.1, 0.15) is 36.3 Å². The Balaban J connectivity index is 2.14.